The minimum Gasteiger partial charge on any atom is -0.596 e. The molecule has 3 atom stereocenters. The van der Waals surface area contributed by atoms with Crippen molar-refractivity contribution in [3.63, 3.8) is 0 Å². The van der Waals surface area contributed by atoms with Gasteiger partial charge in [-0.1, -0.05) is 13.7 Å². The van der Waals surface area contributed by atoms with Gasteiger partial charge in [0.2, 0.25) is 0 Å². The van der Waals surface area contributed by atoms with Crippen LogP contribution in [0.3, 0.4) is 0 Å². The first-order valence-corrected chi connectivity index (χ1v) is 7.31. The molecule has 0 rings (SSSR count). The summed E-state index contributed by atoms with van der Waals surface area (Å²) in [6, 6.07) is 0. The first kappa shape index (κ1) is 23.5. The van der Waals surface area contributed by atoms with Crippen molar-refractivity contribution in [2.75, 3.05) is 20.0 Å². The third-order valence-corrected chi connectivity index (χ3v) is 0. The predicted octanol–water partition coefficient (Wildman–Crippen LogP) is -1.22. The van der Waals surface area contributed by atoms with E-state index in [4.69, 9.17) is 28.4 Å². The van der Waals surface area contributed by atoms with E-state index in [-0.39, 0.29) is 17.4 Å². The van der Waals surface area contributed by atoms with E-state index in [0.717, 1.165) is 20.0 Å². The predicted molar refractivity (Wildman–Crippen MR) is 46.3 cm³/mol. The molecule has 0 saturated carbocycles. The molecule has 0 aromatic carbocycles. The molecular formula is C3H9AlO6P3+3. The van der Waals surface area contributed by atoms with Crippen molar-refractivity contribution in [3.8, 4) is 0 Å². The van der Waals surface area contributed by atoms with Gasteiger partial charge in [-0.3, -0.25) is 0 Å². The van der Waals surface area contributed by atoms with Crippen LogP contribution in [-0.4, -0.2) is 37.4 Å². The molecule has 0 fully saturated rings. The summed E-state index contributed by atoms with van der Waals surface area (Å²) in [6.45, 7) is 3.36. The Balaban J connectivity index is -0.0000000450. The summed E-state index contributed by atoms with van der Waals surface area (Å²) in [5.41, 5.74) is 0. The minimum atomic E-state index is -2.12. The molecule has 0 aromatic heterocycles. The Labute approximate surface area is 90.1 Å². The van der Waals surface area contributed by atoms with E-state index in [0.29, 0.717) is 0 Å². The second kappa shape index (κ2) is 18.5. The quantitative estimate of drug-likeness (QED) is 0.398. The van der Waals surface area contributed by atoms with Crippen molar-refractivity contribution in [3.05, 3.63) is 0 Å². The van der Waals surface area contributed by atoms with E-state index < -0.39 is 24.1 Å². The van der Waals surface area contributed by atoms with Crippen molar-refractivity contribution in [2.24, 2.45) is 0 Å². The van der Waals surface area contributed by atoms with E-state index >= 15 is 0 Å². The monoisotopic (exact) mass is 261 g/mol. The molecule has 72 valence electrons. The molecule has 0 aliphatic rings. The van der Waals surface area contributed by atoms with Gasteiger partial charge in [0.25, 0.3) is 0 Å². The Morgan fingerprint density at radius 1 is 0.692 bits per heavy atom. The second-order valence-corrected chi connectivity index (χ2v) is 3.96. The summed E-state index contributed by atoms with van der Waals surface area (Å²) in [5.74, 6) is 0. The van der Waals surface area contributed by atoms with Crippen LogP contribution in [0.15, 0.2) is 0 Å². The Bertz CT molecular complexity index is 121. The number of hydrogen-bond donors (Lipinski definition) is 0. The van der Waals surface area contributed by atoms with Crippen LogP contribution in [0, 0.1) is 0 Å². The molecule has 3 unspecified atom stereocenters. The molecule has 0 spiro atoms. The maximum Gasteiger partial charge on any atom is 3.00 e. The van der Waals surface area contributed by atoms with Gasteiger partial charge in [0.15, 0.2) is 0 Å². The second-order valence-electron chi connectivity index (χ2n) is 1.32. The third-order valence-electron chi connectivity index (χ3n) is 0. The van der Waals surface area contributed by atoms with Gasteiger partial charge in [0.1, 0.15) is 20.0 Å². The van der Waals surface area contributed by atoms with E-state index in [9.17, 15) is 0 Å². The topological polar surface area (TPSA) is 120 Å². The van der Waals surface area contributed by atoms with Gasteiger partial charge in [-0.15, -0.1) is 0 Å². The Hall–Kier alpha value is 0.712. The van der Waals surface area contributed by atoms with Crippen molar-refractivity contribution in [1.82, 2.24) is 0 Å². The molecule has 0 aliphatic carbocycles. The minimum absolute atomic E-state index is 0. The molecular weight excluding hydrogens is 252 g/mol. The van der Waals surface area contributed by atoms with Crippen LogP contribution in [0.1, 0.15) is 0 Å². The zero-order chi connectivity index (χ0) is 10.7. The standard InChI is InChI=1S/3CH3O2P.Al/c3*1-4(2)3;/h3*1H3;/q;;;+3. The summed E-state index contributed by atoms with van der Waals surface area (Å²) in [4.78, 5) is 27.1. The molecule has 0 radical (unpaired) electrons. The van der Waals surface area contributed by atoms with Gasteiger partial charge in [-0.05, 0) is 0 Å². The maximum absolute atomic E-state index is 9.04. The fourth-order valence-electron chi connectivity index (χ4n) is 0. The number of hydrogen-bond acceptors (Lipinski definition) is 6. The van der Waals surface area contributed by atoms with Gasteiger partial charge >= 0.3 is 41.4 Å². The molecule has 6 nitrogen and oxygen atoms in total. The van der Waals surface area contributed by atoms with Gasteiger partial charge < -0.3 is 14.7 Å². The normalized spacial score (nSPS) is 10.2. The van der Waals surface area contributed by atoms with Crippen LogP contribution in [0.5, 0.6) is 0 Å². The fraction of sp³-hybridized carbons (Fsp3) is 1.00. The fourth-order valence-corrected chi connectivity index (χ4v) is 0. The smallest absolute Gasteiger partial charge is 0.596 e. The molecule has 0 N–H and O–H groups in total. The average Bonchev–Trinajstić information content (AvgIpc) is 1.54. The van der Waals surface area contributed by atoms with Crippen LogP contribution < -0.4 is 14.7 Å². The van der Waals surface area contributed by atoms with Crippen LogP contribution in [0.4, 0.5) is 0 Å². The summed E-state index contributed by atoms with van der Waals surface area (Å²) in [7, 11) is -6.36. The van der Waals surface area contributed by atoms with E-state index in [1.165, 1.54) is 0 Å². The summed E-state index contributed by atoms with van der Waals surface area (Å²) >= 11 is 0. The van der Waals surface area contributed by atoms with Gasteiger partial charge in [0, 0.05) is 0 Å². The molecule has 13 heavy (non-hydrogen) atoms. The van der Waals surface area contributed by atoms with E-state index in [1.54, 1.807) is 0 Å². The third kappa shape index (κ3) is 2870. The van der Waals surface area contributed by atoms with Gasteiger partial charge in [-0.25, -0.2) is 0 Å². The zero-order valence-electron chi connectivity index (χ0n) is 7.37. The van der Waals surface area contributed by atoms with E-state index in [2.05, 4.69) is 0 Å². The molecule has 0 aromatic rings. The summed E-state index contributed by atoms with van der Waals surface area (Å²) in [6.07, 6.45) is 0. The van der Waals surface area contributed by atoms with Gasteiger partial charge in [0.05, 0.1) is 0 Å². The zero-order valence-corrected chi connectivity index (χ0v) is 11.2. The van der Waals surface area contributed by atoms with E-state index in [1.807, 2.05) is 0 Å². The first-order chi connectivity index (χ1) is 5.20. The Morgan fingerprint density at radius 3 is 0.692 bits per heavy atom. The molecule has 10 heteroatoms. The van der Waals surface area contributed by atoms with Crippen molar-refractivity contribution in [2.45, 2.75) is 0 Å². The van der Waals surface area contributed by atoms with Gasteiger partial charge in [-0.2, -0.15) is 0 Å². The van der Waals surface area contributed by atoms with Crippen LogP contribution in [-0.2, 0) is 13.7 Å². The summed E-state index contributed by atoms with van der Waals surface area (Å²) in [5, 5.41) is 0. The van der Waals surface area contributed by atoms with Crippen LogP contribution >= 0.6 is 24.1 Å². The number of rotatable bonds is 0. The molecule has 0 aliphatic heterocycles. The SMILES string of the molecule is C[P+](=O)[O-].C[P+](=O)[O-].C[P+](=O)[O-].[Al+3]. The first-order valence-electron chi connectivity index (χ1n) is 2.44. The van der Waals surface area contributed by atoms with Crippen LogP contribution in [0.25, 0.3) is 0 Å². The maximum atomic E-state index is 9.04. The summed E-state index contributed by atoms with van der Waals surface area (Å²) < 4.78 is 27.1. The Morgan fingerprint density at radius 2 is 0.692 bits per heavy atom. The van der Waals surface area contributed by atoms with Crippen LogP contribution in [0.2, 0.25) is 0 Å². The van der Waals surface area contributed by atoms with Crippen molar-refractivity contribution >= 4 is 41.4 Å². The molecule has 0 bridgehead atoms. The Kier molecular flexibility index (Phi) is 33.4. The molecule has 0 amide bonds. The van der Waals surface area contributed by atoms with Crippen molar-refractivity contribution < 1.29 is 28.4 Å². The van der Waals surface area contributed by atoms with Crippen molar-refractivity contribution in [1.29, 1.82) is 0 Å². The molecule has 0 heterocycles. The molecule has 0 saturated heterocycles. The average molecular weight is 261 g/mol. The largest absolute Gasteiger partial charge is 3.00 e.